The van der Waals surface area contributed by atoms with E-state index in [1.165, 1.54) is 13.3 Å². The number of halogens is 1. The van der Waals surface area contributed by atoms with Gasteiger partial charge in [0.05, 0.1) is 12.0 Å². The molecule has 0 radical (unpaired) electrons. The molecule has 2 aromatic heterocycles. The van der Waals surface area contributed by atoms with Gasteiger partial charge in [-0.05, 0) is 43.3 Å². The van der Waals surface area contributed by atoms with Gasteiger partial charge in [0, 0.05) is 11.8 Å². The van der Waals surface area contributed by atoms with Gasteiger partial charge in [0.1, 0.15) is 30.0 Å². The Morgan fingerprint density at radius 2 is 1.94 bits per heavy atom. The third-order valence-corrected chi connectivity index (χ3v) is 11.6. The standard InChI is InChI=1S/C25H33FN4O4Si/c1-24(2,3)35(5,6)34-19-18(14-31)33-23(25(19,4)26)30-13-12-17-20(27-15-28-21(17)30)29-22(32)16-10-8-7-9-11-16/h7-13,15,18-19,23,31H,14H2,1-6H3,(H,27,28,29,32)/t18-,19-,23-,25-/m1/s1. The number of fused-ring (bicyclic) bond motifs is 1. The molecule has 4 atom stereocenters. The molecule has 1 fully saturated rings. The molecule has 0 saturated carbocycles. The minimum Gasteiger partial charge on any atom is -0.408 e. The quantitative estimate of drug-likeness (QED) is 0.477. The van der Waals surface area contributed by atoms with E-state index >= 15 is 4.39 Å². The summed E-state index contributed by atoms with van der Waals surface area (Å²) in [7, 11) is -2.36. The first-order valence-electron chi connectivity index (χ1n) is 11.7. The van der Waals surface area contributed by atoms with Crippen molar-refractivity contribution >= 4 is 31.1 Å². The lowest BCUT2D eigenvalue weighted by molar-refractivity contribution is -0.0563. The van der Waals surface area contributed by atoms with Crippen molar-refractivity contribution in [2.45, 2.75) is 69.9 Å². The van der Waals surface area contributed by atoms with Gasteiger partial charge in [-0.3, -0.25) is 4.79 Å². The highest BCUT2D eigenvalue weighted by atomic mass is 28.4. The predicted molar refractivity (Wildman–Crippen MR) is 135 cm³/mol. The first-order valence-corrected chi connectivity index (χ1v) is 14.6. The summed E-state index contributed by atoms with van der Waals surface area (Å²) in [6.45, 7) is 11.4. The number of rotatable bonds is 6. The molecule has 3 aromatic rings. The zero-order chi connectivity index (χ0) is 25.6. The van der Waals surface area contributed by atoms with Crippen LogP contribution in [0.4, 0.5) is 10.2 Å². The highest BCUT2D eigenvalue weighted by molar-refractivity contribution is 6.74. The fourth-order valence-corrected chi connectivity index (χ4v) is 5.44. The normalized spacial score (nSPS) is 25.2. The average molecular weight is 501 g/mol. The number of alkyl halides is 1. The Labute approximate surface area is 205 Å². The summed E-state index contributed by atoms with van der Waals surface area (Å²) in [6, 6.07) is 10.5. The van der Waals surface area contributed by atoms with E-state index in [9.17, 15) is 9.90 Å². The smallest absolute Gasteiger partial charge is 0.256 e. The van der Waals surface area contributed by atoms with E-state index in [0.717, 1.165) is 0 Å². The summed E-state index contributed by atoms with van der Waals surface area (Å²) >= 11 is 0. The van der Waals surface area contributed by atoms with Crippen molar-refractivity contribution in [3.05, 3.63) is 54.5 Å². The number of nitrogens with one attached hydrogen (secondary N) is 1. The average Bonchev–Trinajstić information content (AvgIpc) is 3.32. The Bertz CT molecular complexity index is 1210. The van der Waals surface area contributed by atoms with Crippen LogP contribution in [0.5, 0.6) is 0 Å². The first-order chi connectivity index (χ1) is 16.4. The van der Waals surface area contributed by atoms with Crippen LogP contribution in [-0.2, 0) is 9.16 Å². The molecule has 0 unspecified atom stereocenters. The highest BCUT2D eigenvalue weighted by Crippen LogP contribution is 2.48. The number of carbonyl (C=O) groups is 1. The van der Waals surface area contributed by atoms with Crippen LogP contribution < -0.4 is 5.32 Å². The van der Waals surface area contributed by atoms with Crippen molar-refractivity contribution in [2.75, 3.05) is 11.9 Å². The van der Waals surface area contributed by atoms with Gasteiger partial charge in [0.2, 0.25) is 0 Å². The lowest BCUT2D eigenvalue weighted by Crippen LogP contribution is -2.52. The molecule has 10 heteroatoms. The van der Waals surface area contributed by atoms with Crippen LogP contribution in [-0.4, -0.2) is 58.3 Å². The first kappa shape index (κ1) is 25.4. The fraction of sp³-hybridized carbons (Fsp3) is 0.480. The summed E-state index contributed by atoms with van der Waals surface area (Å²) < 4.78 is 30.5. The van der Waals surface area contributed by atoms with Crippen LogP contribution in [0.2, 0.25) is 18.1 Å². The minimum atomic E-state index is -2.36. The molecule has 1 aliphatic heterocycles. The molecule has 0 aliphatic carbocycles. The number of benzene rings is 1. The molecule has 188 valence electrons. The number of amides is 1. The summed E-state index contributed by atoms with van der Waals surface area (Å²) in [5.41, 5.74) is -1.06. The molecule has 2 N–H and O–H groups in total. The zero-order valence-corrected chi connectivity index (χ0v) is 21.9. The van der Waals surface area contributed by atoms with Crippen LogP contribution in [0.3, 0.4) is 0 Å². The Kier molecular flexibility index (Phi) is 6.60. The van der Waals surface area contributed by atoms with E-state index in [1.807, 2.05) is 19.2 Å². The number of aliphatic hydroxyl groups excluding tert-OH is 1. The van der Waals surface area contributed by atoms with Crippen molar-refractivity contribution in [3.8, 4) is 0 Å². The third-order valence-electron chi connectivity index (χ3n) is 7.12. The maximum absolute atomic E-state index is 16.4. The molecule has 1 aromatic carbocycles. The van der Waals surface area contributed by atoms with Gasteiger partial charge < -0.3 is 24.2 Å². The van der Waals surface area contributed by atoms with Gasteiger partial charge in [0.15, 0.2) is 20.2 Å². The SMILES string of the molecule is CC(C)(C)[Si](C)(C)O[C@@H]1[C@@H](CO)O[C@@H](n2ccc3c(NC(=O)c4ccccc4)ncnc32)[C@]1(C)F. The van der Waals surface area contributed by atoms with E-state index in [-0.39, 0.29) is 17.6 Å². The van der Waals surface area contributed by atoms with E-state index in [1.54, 1.807) is 41.1 Å². The Morgan fingerprint density at radius 3 is 2.57 bits per heavy atom. The summed E-state index contributed by atoms with van der Waals surface area (Å²) in [5, 5.41) is 13.2. The van der Waals surface area contributed by atoms with E-state index in [0.29, 0.717) is 22.4 Å². The van der Waals surface area contributed by atoms with Gasteiger partial charge in [-0.25, -0.2) is 14.4 Å². The molecule has 3 heterocycles. The Balaban J connectivity index is 1.66. The number of hydrogen-bond donors (Lipinski definition) is 2. The third kappa shape index (κ3) is 4.63. The predicted octanol–water partition coefficient (Wildman–Crippen LogP) is 4.69. The van der Waals surface area contributed by atoms with Crippen molar-refractivity contribution < 1.29 is 23.5 Å². The zero-order valence-electron chi connectivity index (χ0n) is 20.9. The van der Waals surface area contributed by atoms with E-state index in [2.05, 4.69) is 36.1 Å². The summed E-state index contributed by atoms with van der Waals surface area (Å²) in [5.74, 6) is 0.00270. The number of hydrogen-bond acceptors (Lipinski definition) is 6. The second kappa shape index (κ2) is 9.09. The highest BCUT2D eigenvalue weighted by Gasteiger charge is 2.58. The second-order valence-corrected chi connectivity index (χ2v) is 15.4. The largest absolute Gasteiger partial charge is 0.408 e. The molecular formula is C25H33FN4O4Si. The second-order valence-electron chi connectivity index (χ2n) is 10.7. The minimum absolute atomic E-state index is 0.138. The van der Waals surface area contributed by atoms with Crippen LogP contribution in [0.1, 0.15) is 44.3 Å². The molecule has 1 saturated heterocycles. The summed E-state index contributed by atoms with van der Waals surface area (Å²) in [4.78, 5) is 21.2. The van der Waals surface area contributed by atoms with Crippen molar-refractivity contribution in [3.63, 3.8) is 0 Å². The lowest BCUT2D eigenvalue weighted by atomic mass is 9.98. The Morgan fingerprint density at radius 1 is 1.26 bits per heavy atom. The topological polar surface area (TPSA) is 98.5 Å². The van der Waals surface area contributed by atoms with Gasteiger partial charge >= 0.3 is 0 Å². The van der Waals surface area contributed by atoms with E-state index < -0.39 is 32.4 Å². The number of ether oxygens (including phenoxy) is 1. The number of carbonyl (C=O) groups excluding carboxylic acids is 1. The van der Waals surface area contributed by atoms with Crippen LogP contribution in [0, 0.1) is 0 Å². The fourth-order valence-electron chi connectivity index (χ4n) is 4.06. The molecule has 35 heavy (non-hydrogen) atoms. The van der Waals surface area contributed by atoms with Crippen molar-refractivity contribution in [1.29, 1.82) is 0 Å². The number of anilines is 1. The lowest BCUT2D eigenvalue weighted by Gasteiger charge is -2.41. The van der Waals surface area contributed by atoms with Crippen LogP contribution in [0.15, 0.2) is 48.9 Å². The molecular weight excluding hydrogens is 467 g/mol. The van der Waals surface area contributed by atoms with Gasteiger partial charge in [0.25, 0.3) is 5.91 Å². The molecule has 0 spiro atoms. The van der Waals surface area contributed by atoms with Crippen LogP contribution >= 0.6 is 0 Å². The van der Waals surface area contributed by atoms with Crippen molar-refractivity contribution in [2.24, 2.45) is 0 Å². The Hall–Kier alpha value is -2.66. The molecule has 8 nitrogen and oxygen atoms in total. The number of aliphatic hydroxyl groups is 1. The van der Waals surface area contributed by atoms with Gasteiger partial charge in [-0.15, -0.1) is 0 Å². The maximum Gasteiger partial charge on any atom is 0.256 e. The maximum atomic E-state index is 16.4. The van der Waals surface area contributed by atoms with Gasteiger partial charge in [-0.2, -0.15) is 0 Å². The van der Waals surface area contributed by atoms with E-state index in [4.69, 9.17) is 9.16 Å². The number of nitrogens with zero attached hydrogens (tertiary/aromatic N) is 3. The molecule has 0 bridgehead atoms. The monoisotopic (exact) mass is 500 g/mol. The number of aromatic nitrogens is 3. The molecule has 4 rings (SSSR count). The van der Waals surface area contributed by atoms with Gasteiger partial charge in [-0.1, -0.05) is 39.0 Å². The molecule has 1 amide bonds. The van der Waals surface area contributed by atoms with Crippen molar-refractivity contribution in [1.82, 2.24) is 14.5 Å². The summed E-state index contributed by atoms with van der Waals surface area (Å²) in [6.07, 6.45) is 0.107. The van der Waals surface area contributed by atoms with Crippen LogP contribution in [0.25, 0.3) is 11.0 Å². The molecule has 1 aliphatic rings.